The molecule has 4 aliphatic carbocycles. The molecule has 1 amide bonds. The SMILES string of the molecule is CNNCCCNC1CCC2C(C1)CC(O)C1C2CCC2(C)C(CCCC(=O)NC(C)C)CCC12. The molecule has 0 radical (unpaired) electrons. The molecule has 4 fully saturated rings. The zero-order valence-corrected chi connectivity index (χ0v) is 23.0. The Morgan fingerprint density at radius 3 is 2.63 bits per heavy atom. The molecule has 0 heterocycles. The normalized spacial score (nSPS) is 40.7. The number of rotatable bonds is 11. The summed E-state index contributed by atoms with van der Waals surface area (Å²) in [6, 6.07) is 0.862. The summed E-state index contributed by atoms with van der Waals surface area (Å²) < 4.78 is 0. The monoisotopic (exact) mass is 490 g/mol. The third-order valence-electron chi connectivity index (χ3n) is 10.7. The number of carbonyl (C=O) groups excluding carboxylic acids is 1. The summed E-state index contributed by atoms with van der Waals surface area (Å²) in [7, 11) is 1.92. The summed E-state index contributed by atoms with van der Waals surface area (Å²) in [6.45, 7) is 8.68. The molecule has 9 atom stereocenters. The minimum Gasteiger partial charge on any atom is -0.393 e. The van der Waals surface area contributed by atoms with Crippen LogP contribution in [0.1, 0.15) is 97.8 Å². The quantitative estimate of drug-likeness (QED) is 0.223. The number of nitrogens with one attached hydrogen (secondary N) is 4. The van der Waals surface area contributed by atoms with E-state index in [1.807, 2.05) is 20.9 Å². The fourth-order valence-corrected chi connectivity index (χ4v) is 9.15. The maximum Gasteiger partial charge on any atom is 0.220 e. The van der Waals surface area contributed by atoms with Crippen molar-refractivity contribution >= 4 is 5.91 Å². The molecule has 0 spiro atoms. The molecule has 4 aliphatic rings. The van der Waals surface area contributed by atoms with Gasteiger partial charge in [0.25, 0.3) is 0 Å². The summed E-state index contributed by atoms with van der Waals surface area (Å²) >= 11 is 0. The molecule has 0 aromatic heterocycles. The maximum absolute atomic E-state index is 12.1. The third kappa shape index (κ3) is 6.25. The van der Waals surface area contributed by atoms with Crippen LogP contribution in [0, 0.1) is 40.9 Å². The van der Waals surface area contributed by atoms with Crippen LogP contribution in [-0.4, -0.2) is 49.3 Å². The van der Waals surface area contributed by atoms with Gasteiger partial charge in [-0.1, -0.05) is 6.92 Å². The second-order valence-corrected chi connectivity index (χ2v) is 13.0. The Labute approximate surface area is 214 Å². The molecule has 0 aliphatic heterocycles. The van der Waals surface area contributed by atoms with Crippen LogP contribution in [0.4, 0.5) is 0 Å². The summed E-state index contributed by atoms with van der Waals surface area (Å²) in [5, 5.41) is 18.3. The van der Waals surface area contributed by atoms with Gasteiger partial charge in [-0.3, -0.25) is 15.6 Å². The van der Waals surface area contributed by atoms with Crippen molar-refractivity contribution in [3.63, 3.8) is 0 Å². The minimum atomic E-state index is -0.111. The van der Waals surface area contributed by atoms with Crippen LogP contribution in [0.2, 0.25) is 0 Å². The van der Waals surface area contributed by atoms with Gasteiger partial charge < -0.3 is 15.7 Å². The first-order valence-electron chi connectivity index (χ1n) is 14.9. The molecule has 35 heavy (non-hydrogen) atoms. The first-order chi connectivity index (χ1) is 16.8. The van der Waals surface area contributed by atoms with Crippen LogP contribution in [0.5, 0.6) is 0 Å². The summed E-state index contributed by atoms with van der Waals surface area (Å²) in [5.74, 6) is 4.39. The lowest BCUT2D eigenvalue weighted by Crippen LogP contribution is -2.55. The first-order valence-corrected chi connectivity index (χ1v) is 14.9. The van der Waals surface area contributed by atoms with Crippen molar-refractivity contribution < 1.29 is 9.90 Å². The molecule has 5 N–H and O–H groups in total. The molecular formula is C29H54N4O2. The predicted octanol–water partition coefficient (Wildman–Crippen LogP) is 3.99. The first kappa shape index (κ1) is 27.3. The van der Waals surface area contributed by atoms with Crippen molar-refractivity contribution in [1.29, 1.82) is 0 Å². The van der Waals surface area contributed by atoms with E-state index in [4.69, 9.17) is 0 Å². The smallest absolute Gasteiger partial charge is 0.220 e. The van der Waals surface area contributed by atoms with Crippen molar-refractivity contribution in [2.24, 2.45) is 40.9 Å². The number of hydrogen-bond acceptors (Lipinski definition) is 5. The zero-order valence-electron chi connectivity index (χ0n) is 23.0. The molecular weight excluding hydrogens is 436 g/mol. The van der Waals surface area contributed by atoms with E-state index >= 15 is 0 Å². The average molecular weight is 491 g/mol. The van der Waals surface area contributed by atoms with Crippen molar-refractivity contribution in [3.05, 3.63) is 0 Å². The lowest BCUT2D eigenvalue weighted by Gasteiger charge is -2.58. The van der Waals surface area contributed by atoms with Crippen LogP contribution < -0.4 is 21.5 Å². The van der Waals surface area contributed by atoms with Gasteiger partial charge in [0.05, 0.1) is 6.10 Å². The maximum atomic E-state index is 12.1. The molecule has 4 saturated carbocycles. The van der Waals surface area contributed by atoms with E-state index in [0.717, 1.165) is 50.1 Å². The highest BCUT2D eigenvalue weighted by molar-refractivity contribution is 5.76. The van der Waals surface area contributed by atoms with Crippen LogP contribution >= 0.6 is 0 Å². The van der Waals surface area contributed by atoms with Crippen LogP contribution in [0.3, 0.4) is 0 Å². The number of fused-ring (bicyclic) bond motifs is 5. The van der Waals surface area contributed by atoms with Gasteiger partial charge in [-0.25, -0.2) is 0 Å². The number of hydrazine groups is 1. The van der Waals surface area contributed by atoms with Gasteiger partial charge in [-0.15, -0.1) is 0 Å². The third-order valence-corrected chi connectivity index (χ3v) is 10.7. The Hall–Kier alpha value is -0.690. The topological polar surface area (TPSA) is 85.4 Å². The second kappa shape index (κ2) is 12.2. The van der Waals surface area contributed by atoms with Gasteiger partial charge >= 0.3 is 0 Å². The van der Waals surface area contributed by atoms with Gasteiger partial charge in [0, 0.05) is 25.0 Å². The van der Waals surface area contributed by atoms with E-state index in [2.05, 4.69) is 28.4 Å². The molecule has 0 saturated heterocycles. The van der Waals surface area contributed by atoms with Gasteiger partial charge in [-0.2, -0.15) is 0 Å². The van der Waals surface area contributed by atoms with E-state index in [0.29, 0.717) is 35.6 Å². The number of aliphatic hydroxyl groups excluding tert-OH is 1. The average Bonchev–Trinajstić information content (AvgIpc) is 3.14. The van der Waals surface area contributed by atoms with Gasteiger partial charge in [0.1, 0.15) is 0 Å². The fourth-order valence-electron chi connectivity index (χ4n) is 9.15. The molecule has 6 heteroatoms. The number of carbonyl (C=O) groups is 1. The van der Waals surface area contributed by atoms with Gasteiger partial charge in [0.15, 0.2) is 0 Å². The van der Waals surface area contributed by atoms with E-state index in [1.165, 1.54) is 51.4 Å². The Kier molecular flexibility index (Phi) is 9.56. The molecule has 9 unspecified atom stereocenters. The predicted molar refractivity (Wildman–Crippen MR) is 143 cm³/mol. The number of aliphatic hydroxyl groups is 1. The Morgan fingerprint density at radius 1 is 1.03 bits per heavy atom. The van der Waals surface area contributed by atoms with E-state index in [-0.39, 0.29) is 18.1 Å². The van der Waals surface area contributed by atoms with Gasteiger partial charge in [-0.05, 0) is 139 Å². The fraction of sp³-hybridized carbons (Fsp3) is 0.966. The number of hydrogen-bond donors (Lipinski definition) is 5. The van der Waals surface area contributed by atoms with Crippen LogP contribution in [0.25, 0.3) is 0 Å². The van der Waals surface area contributed by atoms with E-state index in [9.17, 15) is 9.90 Å². The minimum absolute atomic E-state index is 0.111. The van der Waals surface area contributed by atoms with Crippen molar-refractivity contribution in [1.82, 2.24) is 21.5 Å². The van der Waals surface area contributed by atoms with Crippen molar-refractivity contribution in [2.75, 3.05) is 20.1 Å². The molecule has 6 nitrogen and oxygen atoms in total. The summed E-state index contributed by atoms with van der Waals surface area (Å²) in [5.41, 5.74) is 6.53. The van der Waals surface area contributed by atoms with Crippen molar-refractivity contribution in [2.45, 2.75) is 116 Å². The Morgan fingerprint density at radius 2 is 1.86 bits per heavy atom. The lowest BCUT2D eigenvalue weighted by atomic mass is 9.48. The molecule has 202 valence electrons. The Bertz CT molecular complexity index is 688. The largest absolute Gasteiger partial charge is 0.393 e. The van der Waals surface area contributed by atoms with Crippen LogP contribution in [0.15, 0.2) is 0 Å². The number of amides is 1. The Balaban J connectivity index is 1.30. The molecule has 0 aromatic carbocycles. The highest BCUT2D eigenvalue weighted by atomic mass is 16.3. The highest BCUT2D eigenvalue weighted by Gasteiger charge is 2.59. The molecule has 0 aromatic rings. The van der Waals surface area contributed by atoms with E-state index < -0.39 is 0 Å². The van der Waals surface area contributed by atoms with Gasteiger partial charge in [0.2, 0.25) is 5.91 Å². The summed E-state index contributed by atoms with van der Waals surface area (Å²) in [4.78, 5) is 12.1. The zero-order chi connectivity index (χ0) is 25.0. The second-order valence-electron chi connectivity index (χ2n) is 13.0. The van der Waals surface area contributed by atoms with Crippen LogP contribution in [-0.2, 0) is 4.79 Å². The summed E-state index contributed by atoms with van der Waals surface area (Å²) in [6.07, 6.45) is 14.0. The highest BCUT2D eigenvalue weighted by Crippen LogP contribution is 2.64. The van der Waals surface area contributed by atoms with E-state index in [1.54, 1.807) is 0 Å². The standard InChI is InChI=1S/C29H54N4O2/c1-19(2)33-27(35)8-5-7-21-9-12-25-28-24(13-14-29(21,25)3)23-11-10-22(17-20(23)18-26(28)34)31-15-6-16-32-30-4/h19-26,28,30-32,34H,5-18H2,1-4H3,(H,33,35). The molecule has 4 rings (SSSR count). The lowest BCUT2D eigenvalue weighted by molar-refractivity contribution is -0.128. The molecule has 0 bridgehead atoms. The van der Waals surface area contributed by atoms with Crippen molar-refractivity contribution in [3.8, 4) is 0 Å².